The molecule has 2 fully saturated rings. The average Bonchev–Trinajstić information content (AvgIpc) is 3.73. The van der Waals surface area contributed by atoms with Crippen LogP contribution in [0.1, 0.15) is 29.6 Å². The summed E-state index contributed by atoms with van der Waals surface area (Å²) in [5, 5.41) is 8.58. The SMILES string of the molecule is CNC(=O)c1cnc(NC(=O)C2CC2)cc1Nc1cccc(-c2ncc(S(=O)(=O)N3CCC3)cn2)c1OC. The Morgan fingerprint density at radius 3 is 2.39 bits per heavy atom. The van der Waals surface area contributed by atoms with Crippen molar-refractivity contribution in [1.82, 2.24) is 24.6 Å². The van der Waals surface area contributed by atoms with Crippen molar-refractivity contribution in [2.75, 3.05) is 37.9 Å². The van der Waals surface area contributed by atoms with Crippen molar-refractivity contribution in [1.29, 1.82) is 0 Å². The molecule has 5 rings (SSSR count). The van der Waals surface area contributed by atoms with Crippen LogP contribution in [0.2, 0.25) is 0 Å². The van der Waals surface area contributed by atoms with Crippen molar-refractivity contribution >= 4 is 39.0 Å². The minimum atomic E-state index is -3.60. The van der Waals surface area contributed by atoms with Crippen molar-refractivity contribution in [2.45, 2.75) is 24.2 Å². The van der Waals surface area contributed by atoms with Gasteiger partial charge in [0.15, 0.2) is 11.6 Å². The van der Waals surface area contributed by atoms with Gasteiger partial charge in [0.2, 0.25) is 15.9 Å². The number of pyridine rings is 1. The van der Waals surface area contributed by atoms with E-state index in [1.165, 1.54) is 37.1 Å². The van der Waals surface area contributed by atoms with E-state index in [2.05, 4.69) is 30.9 Å². The number of nitrogens with one attached hydrogen (secondary N) is 3. The van der Waals surface area contributed by atoms with E-state index in [9.17, 15) is 18.0 Å². The molecule has 0 atom stereocenters. The maximum absolute atomic E-state index is 12.6. The third-order valence-corrected chi connectivity index (χ3v) is 8.24. The molecule has 3 heterocycles. The van der Waals surface area contributed by atoms with E-state index in [0.29, 0.717) is 41.6 Å². The van der Waals surface area contributed by atoms with Crippen LogP contribution in [0.3, 0.4) is 0 Å². The normalized spacial score (nSPS) is 15.3. The highest BCUT2D eigenvalue weighted by atomic mass is 32.2. The van der Waals surface area contributed by atoms with Gasteiger partial charge in [0.25, 0.3) is 5.91 Å². The fourth-order valence-corrected chi connectivity index (χ4v) is 5.37. The van der Waals surface area contributed by atoms with E-state index in [4.69, 9.17) is 4.74 Å². The Bertz CT molecular complexity index is 1490. The first kappa shape index (κ1) is 25.5. The van der Waals surface area contributed by atoms with Crippen LogP contribution in [0.15, 0.2) is 47.8 Å². The molecule has 2 aliphatic rings. The summed E-state index contributed by atoms with van der Waals surface area (Å²) in [5.41, 5.74) is 1.68. The number of ether oxygens (including phenoxy) is 1. The van der Waals surface area contributed by atoms with E-state index >= 15 is 0 Å². The second-order valence-corrected chi connectivity index (χ2v) is 10.9. The maximum atomic E-state index is 12.6. The summed E-state index contributed by atoms with van der Waals surface area (Å²) in [6.07, 6.45) is 6.51. The van der Waals surface area contributed by atoms with Crippen LogP contribution in [-0.2, 0) is 14.8 Å². The summed E-state index contributed by atoms with van der Waals surface area (Å²) in [5.74, 6) is 0.496. The number of benzene rings is 1. The average molecular weight is 538 g/mol. The minimum Gasteiger partial charge on any atom is -0.494 e. The standard InChI is InChI=1S/C25H27N7O5S/c1-26-25(34)18-14-27-21(31-24(33)15-7-8-15)11-20(18)30-19-6-3-5-17(22(19)37-2)23-28-12-16(13-29-23)38(35,36)32-9-4-10-32/h3,5-6,11-15H,4,7-10H2,1-2H3,(H,26,34)(H2,27,30,31,33). The van der Waals surface area contributed by atoms with Crippen LogP contribution in [0.4, 0.5) is 17.2 Å². The molecule has 1 aliphatic carbocycles. The summed E-state index contributed by atoms with van der Waals surface area (Å²) < 4.78 is 32.3. The highest BCUT2D eigenvalue weighted by Gasteiger charge is 2.31. The molecule has 13 heteroatoms. The monoisotopic (exact) mass is 537 g/mol. The number of rotatable bonds is 9. The molecule has 2 aromatic heterocycles. The molecule has 0 spiro atoms. The van der Waals surface area contributed by atoms with Gasteiger partial charge in [0.1, 0.15) is 10.7 Å². The Labute approximate surface area is 219 Å². The van der Waals surface area contributed by atoms with Crippen LogP contribution in [0, 0.1) is 5.92 Å². The Kier molecular flexibility index (Phi) is 6.95. The third kappa shape index (κ3) is 5.02. The number of hydrogen-bond donors (Lipinski definition) is 3. The smallest absolute Gasteiger partial charge is 0.254 e. The largest absolute Gasteiger partial charge is 0.494 e. The Balaban J connectivity index is 1.46. The summed E-state index contributed by atoms with van der Waals surface area (Å²) in [7, 11) is -0.605. The Hall–Kier alpha value is -4.10. The van der Waals surface area contributed by atoms with Gasteiger partial charge in [-0.05, 0) is 31.4 Å². The number of anilines is 3. The zero-order chi connectivity index (χ0) is 26.9. The highest BCUT2D eigenvalue weighted by Crippen LogP contribution is 2.38. The number of methoxy groups -OCH3 is 1. The van der Waals surface area contributed by atoms with Gasteiger partial charge < -0.3 is 20.7 Å². The summed E-state index contributed by atoms with van der Waals surface area (Å²) in [4.78, 5) is 37.6. The summed E-state index contributed by atoms with van der Waals surface area (Å²) >= 11 is 0. The topological polar surface area (TPSA) is 156 Å². The van der Waals surface area contributed by atoms with Crippen LogP contribution in [0.5, 0.6) is 5.75 Å². The van der Waals surface area contributed by atoms with Gasteiger partial charge in [0, 0.05) is 38.3 Å². The molecule has 38 heavy (non-hydrogen) atoms. The van der Waals surface area contributed by atoms with E-state index < -0.39 is 10.0 Å². The number of hydrogen-bond acceptors (Lipinski definition) is 9. The molecule has 1 saturated carbocycles. The first-order chi connectivity index (χ1) is 18.3. The van der Waals surface area contributed by atoms with Gasteiger partial charge in [-0.2, -0.15) is 4.31 Å². The number of sulfonamides is 1. The zero-order valence-electron chi connectivity index (χ0n) is 20.9. The number of aromatic nitrogens is 3. The second kappa shape index (κ2) is 10.3. The second-order valence-electron chi connectivity index (χ2n) is 8.97. The molecular weight excluding hydrogens is 510 g/mol. The highest BCUT2D eigenvalue weighted by molar-refractivity contribution is 7.89. The van der Waals surface area contributed by atoms with Crippen LogP contribution < -0.4 is 20.7 Å². The van der Waals surface area contributed by atoms with E-state index in [-0.39, 0.29) is 34.0 Å². The molecule has 2 amide bonds. The number of nitrogens with zero attached hydrogens (tertiary/aromatic N) is 4. The molecule has 3 N–H and O–H groups in total. The van der Waals surface area contributed by atoms with Crippen LogP contribution in [-0.4, -0.2) is 66.7 Å². The zero-order valence-corrected chi connectivity index (χ0v) is 21.7. The van der Waals surface area contributed by atoms with Gasteiger partial charge in [-0.1, -0.05) is 6.07 Å². The number of para-hydroxylation sites is 1. The maximum Gasteiger partial charge on any atom is 0.254 e. The quantitative estimate of drug-likeness (QED) is 0.373. The van der Waals surface area contributed by atoms with Gasteiger partial charge in [-0.15, -0.1) is 0 Å². The Morgan fingerprint density at radius 1 is 1.05 bits per heavy atom. The number of carbonyl (C=O) groups excluding carboxylic acids is 2. The van der Waals surface area contributed by atoms with Gasteiger partial charge >= 0.3 is 0 Å². The summed E-state index contributed by atoms with van der Waals surface area (Å²) in [6, 6.07) is 6.84. The molecule has 0 radical (unpaired) electrons. The third-order valence-electron chi connectivity index (χ3n) is 6.39. The van der Waals surface area contributed by atoms with Gasteiger partial charge in [0.05, 0.1) is 42.0 Å². The lowest BCUT2D eigenvalue weighted by molar-refractivity contribution is -0.117. The predicted octanol–water partition coefficient (Wildman–Crippen LogP) is 2.39. The van der Waals surface area contributed by atoms with Gasteiger partial charge in [-0.25, -0.2) is 23.4 Å². The molecule has 198 valence electrons. The van der Waals surface area contributed by atoms with Crippen molar-refractivity contribution in [2.24, 2.45) is 5.92 Å². The molecule has 0 bridgehead atoms. The molecule has 12 nitrogen and oxygen atoms in total. The van der Waals surface area contributed by atoms with Crippen molar-refractivity contribution in [3.63, 3.8) is 0 Å². The van der Waals surface area contributed by atoms with Gasteiger partial charge in [-0.3, -0.25) is 9.59 Å². The molecule has 3 aromatic rings. The van der Waals surface area contributed by atoms with E-state index in [1.807, 2.05) is 0 Å². The van der Waals surface area contributed by atoms with E-state index in [1.54, 1.807) is 24.3 Å². The molecule has 1 aromatic carbocycles. The first-order valence-electron chi connectivity index (χ1n) is 12.1. The van der Waals surface area contributed by atoms with Crippen LogP contribution in [0.25, 0.3) is 11.4 Å². The molecular formula is C25H27N7O5S. The first-order valence-corrected chi connectivity index (χ1v) is 13.6. The number of amides is 2. The lowest BCUT2D eigenvalue weighted by atomic mass is 10.1. The van der Waals surface area contributed by atoms with E-state index in [0.717, 1.165) is 19.3 Å². The van der Waals surface area contributed by atoms with Crippen LogP contribution >= 0.6 is 0 Å². The fraction of sp³-hybridized carbons (Fsp3) is 0.320. The number of carbonyl (C=O) groups is 2. The fourth-order valence-electron chi connectivity index (χ4n) is 3.96. The minimum absolute atomic E-state index is 0.00381. The lowest BCUT2D eigenvalue weighted by Gasteiger charge is -2.29. The predicted molar refractivity (Wildman–Crippen MR) is 140 cm³/mol. The van der Waals surface area contributed by atoms with Crippen molar-refractivity contribution < 1.29 is 22.7 Å². The summed E-state index contributed by atoms with van der Waals surface area (Å²) in [6.45, 7) is 0.981. The molecule has 1 saturated heterocycles. The lowest BCUT2D eigenvalue weighted by Crippen LogP contribution is -2.41. The molecule has 1 aliphatic heterocycles. The molecule has 0 unspecified atom stereocenters. The van der Waals surface area contributed by atoms with Crippen molar-refractivity contribution in [3.8, 4) is 17.1 Å². The Morgan fingerprint density at radius 2 is 1.79 bits per heavy atom. The van der Waals surface area contributed by atoms with Crippen molar-refractivity contribution in [3.05, 3.63) is 48.4 Å².